The molecule has 5 heteroatoms. The Morgan fingerprint density at radius 3 is 2.21 bits per heavy atom. The predicted molar refractivity (Wildman–Crippen MR) is 70.4 cm³/mol. The topological polar surface area (TPSA) is 72.6 Å². The van der Waals surface area contributed by atoms with E-state index in [1.165, 1.54) is 4.90 Å². The second kappa shape index (κ2) is 5.50. The molecule has 102 valence electrons. The molecule has 0 aromatic heterocycles. The molecule has 0 radical (unpaired) electrons. The maximum absolute atomic E-state index is 11.6. The lowest BCUT2D eigenvalue weighted by atomic mass is 10.0. The zero-order chi connectivity index (χ0) is 14.0. The van der Waals surface area contributed by atoms with Gasteiger partial charge in [-0.3, -0.25) is 14.5 Å². The van der Waals surface area contributed by atoms with Crippen LogP contribution in [0.3, 0.4) is 0 Å². The van der Waals surface area contributed by atoms with Crippen molar-refractivity contribution in [1.82, 2.24) is 4.90 Å². The summed E-state index contributed by atoms with van der Waals surface area (Å²) in [5.41, 5.74) is 9.27. The number of benzene rings is 1. The quantitative estimate of drug-likeness (QED) is 0.813. The van der Waals surface area contributed by atoms with Crippen LogP contribution in [0, 0.1) is 13.8 Å². The lowest BCUT2D eigenvalue weighted by molar-refractivity contribution is -0.158. The van der Waals surface area contributed by atoms with E-state index in [4.69, 9.17) is 10.5 Å². The van der Waals surface area contributed by atoms with Crippen molar-refractivity contribution in [2.45, 2.75) is 19.9 Å². The molecule has 2 rings (SSSR count). The Labute approximate surface area is 112 Å². The smallest absolute Gasteiger partial charge is 0.255 e. The first-order chi connectivity index (χ1) is 8.97. The summed E-state index contributed by atoms with van der Waals surface area (Å²) in [6, 6.07) is 5.64. The van der Waals surface area contributed by atoms with Gasteiger partial charge < -0.3 is 10.5 Å². The highest BCUT2D eigenvalue weighted by molar-refractivity contribution is 5.98. The third-order valence-corrected chi connectivity index (χ3v) is 3.10. The van der Waals surface area contributed by atoms with E-state index in [-0.39, 0.29) is 37.6 Å². The number of hydrogen-bond acceptors (Lipinski definition) is 4. The number of nitrogens with zero attached hydrogens (tertiary/aromatic N) is 1. The van der Waals surface area contributed by atoms with E-state index in [9.17, 15) is 9.59 Å². The Balaban J connectivity index is 2.13. The van der Waals surface area contributed by atoms with E-state index in [1.807, 2.05) is 26.0 Å². The normalized spacial score (nSPS) is 17.7. The molecule has 1 fully saturated rings. The van der Waals surface area contributed by atoms with Gasteiger partial charge in [0.2, 0.25) is 0 Å². The molecule has 0 spiro atoms. The number of ether oxygens (including phenoxy) is 1. The molecule has 0 saturated carbocycles. The van der Waals surface area contributed by atoms with Crippen molar-refractivity contribution in [3.63, 3.8) is 0 Å². The van der Waals surface area contributed by atoms with Gasteiger partial charge in [-0.05, 0) is 19.4 Å². The van der Waals surface area contributed by atoms with Gasteiger partial charge in [0.25, 0.3) is 11.8 Å². The molecule has 0 aliphatic carbocycles. The van der Waals surface area contributed by atoms with Gasteiger partial charge in [-0.25, -0.2) is 0 Å². The summed E-state index contributed by atoms with van der Waals surface area (Å²) in [5.74, 6) is -0.646. The highest BCUT2D eigenvalue weighted by Crippen LogP contribution is 2.17. The maximum Gasteiger partial charge on any atom is 0.255 e. The second-order valence-electron chi connectivity index (χ2n) is 4.92. The number of carbonyl (C=O) groups is 2. The molecule has 1 aromatic carbocycles. The molecule has 0 bridgehead atoms. The summed E-state index contributed by atoms with van der Waals surface area (Å²) < 4.78 is 4.87. The fourth-order valence-electron chi connectivity index (χ4n) is 2.25. The summed E-state index contributed by atoms with van der Waals surface area (Å²) >= 11 is 0. The Bertz CT molecular complexity index is 477. The zero-order valence-corrected chi connectivity index (χ0v) is 11.2. The molecule has 19 heavy (non-hydrogen) atoms. The summed E-state index contributed by atoms with van der Waals surface area (Å²) in [6.07, 6.45) is 0. The van der Waals surface area contributed by atoms with E-state index >= 15 is 0 Å². The van der Waals surface area contributed by atoms with E-state index < -0.39 is 0 Å². The van der Waals surface area contributed by atoms with Gasteiger partial charge in [0, 0.05) is 12.6 Å². The van der Waals surface area contributed by atoms with Crippen LogP contribution in [0.2, 0.25) is 0 Å². The van der Waals surface area contributed by atoms with Crippen LogP contribution in [0.4, 0.5) is 0 Å². The number of hydrogen-bond donors (Lipinski definition) is 1. The Morgan fingerprint density at radius 2 is 1.68 bits per heavy atom. The summed E-state index contributed by atoms with van der Waals surface area (Å²) in [5, 5.41) is 0. The Kier molecular flexibility index (Phi) is 3.97. The number of amides is 2. The lowest BCUT2D eigenvalue weighted by Crippen LogP contribution is -2.48. The number of aryl methyl sites for hydroxylation is 2. The molecule has 1 heterocycles. The minimum Gasteiger partial charge on any atom is -0.362 e. The maximum atomic E-state index is 11.6. The van der Waals surface area contributed by atoms with Crippen molar-refractivity contribution in [2.24, 2.45) is 5.73 Å². The van der Waals surface area contributed by atoms with Crippen molar-refractivity contribution in [3.8, 4) is 0 Å². The minimum absolute atomic E-state index is 0.0503. The van der Waals surface area contributed by atoms with E-state index in [2.05, 4.69) is 6.07 Å². The Morgan fingerprint density at radius 1 is 1.16 bits per heavy atom. The van der Waals surface area contributed by atoms with Gasteiger partial charge in [-0.1, -0.05) is 29.3 Å². The van der Waals surface area contributed by atoms with Crippen molar-refractivity contribution in [1.29, 1.82) is 0 Å². The zero-order valence-electron chi connectivity index (χ0n) is 11.2. The van der Waals surface area contributed by atoms with Gasteiger partial charge in [-0.15, -0.1) is 0 Å². The molecular weight excluding hydrogens is 244 g/mol. The number of nitrogens with two attached hydrogens (primary N) is 1. The Hall–Kier alpha value is -1.72. The second-order valence-corrected chi connectivity index (χ2v) is 4.92. The average Bonchev–Trinajstić information content (AvgIpc) is 2.32. The fraction of sp³-hybridized carbons (Fsp3) is 0.429. The SMILES string of the molecule is Cc1cc(C)cc(C(N)CN2C(=O)COCC2=O)c1. The minimum atomic E-state index is -0.371. The van der Waals surface area contributed by atoms with Crippen LogP contribution in [0.25, 0.3) is 0 Å². The van der Waals surface area contributed by atoms with Crippen LogP contribution in [0.1, 0.15) is 22.7 Å². The third kappa shape index (κ3) is 3.19. The first-order valence-corrected chi connectivity index (χ1v) is 6.22. The third-order valence-electron chi connectivity index (χ3n) is 3.10. The molecule has 1 aliphatic heterocycles. The standard InChI is InChI=1S/C14H18N2O3/c1-9-3-10(2)5-11(4-9)12(15)6-16-13(17)7-19-8-14(16)18/h3-5,12H,6-8,15H2,1-2H3. The lowest BCUT2D eigenvalue weighted by Gasteiger charge is -2.27. The van der Waals surface area contributed by atoms with Gasteiger partial charge in [-0.2, -0.15) is 0 Å². The monoisotopic (exact) mass is 262 g/mol. The number of carbonyl (C=O) groups excluding carboxylic acids is 2. The summed E-state index contributed by atoms with van der Waals surface area (Å²) in [6.45, 7) is 4.09. The molecule has 1 saturated heterocycles. The largest absolute Gasteiger partial charge is 0.362 e. The van der Waals surface area contributed by atoms with E-state index in [0.29, 0.717) is 0 Å². The molecule has 1 atom stereocenters. The fourth-order valence-corrected chi connectivity index (χ4v) is 2.25. The average molecular weight is 262 g/mol. The van der Waals surface area contributed by atoms with Crippen LogP contribution in [-0.4, -0.2) is 36.5 Å². The molecule has 5 nitrogen and oxygen atoms in total. The van der Waals surface area contributed by atoms with Crippen molar-refractivity contribution >= 4 is 11.8 Å². The molecule has 1 unspecified atom stereocenters. The van der Waals surface area contributed by atoms with Crippen LogP contribution in [-0.2, 0) is 14.3 Å². The van der Waals surface area contributed by atoms with Crippen molar-refractivity contribution in [2.75, 3.05) is 19.8 Å². The van der Waals surface area contributed by atoms with Crippen LogP contribution >= 0.6 is 0 Å². The molecule has 2 amide bonds. The van der Waals surface area contributed by atoms with Gasteiger partial charge in [0.15, 0.2) is 0 Å². The van der Waals surface area contributed by atoms with Crippen LogP contribution in [0.15, 0.2) is 18.2 Å². The van der Waals surface area contributed by atoms with Gasteiger partial charge >= 0.3 is 0 Å². The highest BCUT2D eigenvalue weighted by atomic mass is 16.5. The number of morpholine rings is 1. The van der Waals surface area contributed by atoms with E-state index in [0.717, 1.165) is 16.7 Å². The van der Waals surface area contributed by atoms with Crippen molar-refractivity contribution < 1.29 is 14.3 Å². The molecule has 1 aromatic rings. The first-order valence-electron chi connectivity index (χ1n) is 6.22. The molecular formula is C14H18N2O3. The van der Waals surface area contributed by atoms with Crippen molar-refractivity contribution in [3.05, 3.63) is 34.9 Å². The van der Waals surface area contributed by atoms with E-state index in [1.54, 1.807) is 0 Å². The summed E-state index contributed by atoms with van der Waals surface area (Å²) in [4.78, 5) is 24.4. The van der Waals surface area contributed by atoms with Crippen LogP contribution < -0.4 is 5.73 Å². The van der Waals surface area contributed by atoms with Gasteiger partial charge in [0.05, 0.1) is 0 Å². The predicted octanol–water partition coefficient (Wildman–Crippen LogP) is 0.689. The first kappa shape index (κ1) is 13.7. The highest BCUT2D eigenvalue weighted by Gasteiger charge is 2.28. The molecule has 2 N–H and O–H groups in total. The molecule has 1 aliphatic rings. The number of imide groups is 1. The van der Waals surface area contributed by atoms with Gasteiger partial charge in [0.1, 0.15) is 13.2 Å². The summed E-state index contributed by atoms with van der Waals surface area (Å²) in [7, 11) is 0. The van der Waals surface area contributed by atoms with Crippen LogP contribution in [0.5, 0.6) is 0 Å². The number of rotatable bonds is 3.